The van der Waals surface area contributed by atoms with E-state index in [0.717, 1.165) is 47.7 Å². The molecule has 2 unspecified atom stereocenters. The molecular formula is C26H25N6OP. The van der Waals surface area contributed by atoms with Gasteiger partial charge in [0.2, 0.25) is 0 Å². The van der Waals surface area contributed by atoms with Crippen LogP contribution in [-0.4, -0.2) is 26.5 Å². The number of carbonyl (C=O) groups is 1. The first-order chi connectivity index (χ1) is 16.6. The van der Waals surface area contributed by atoms with E-state index in [9.17, 15) is 4.79 Å². The van der Waals surface area contributed by atoms with E-state index in [1.165, 1.54) is 5.56 Å². The Morgan fingerprint density at radius 1 is 0.882 bits per heavy atom. The largest absolute Gasteiger partial charge is 0.355 e. The Bertz CT molecular complexity index is 1300. The van der Waals surface area contributed by atoms with Crippen molar-refractivity contribution in [1.82, 2.24) is 15.0 Å². The summed E-state index contributed by atoms with van der Waals surface area (Å²) in [4.78, 5) is 25.7. The van der Waals surface area contributed by atoms with Crippen LogP contribution < -0.4 is 16.0 Å². The topological polar surface area (TPSA) is 91.8 Å². The first kappa shape index (κ1) is 22.0. The maximum atomic E-state index is 12.7. The standard InChI is InChI=1S/C26H25N6OP/c33-26(32-19-3-1-2-18(14-19)30-17-8-11-27-12-9-17)25-6-4-20(16-29-25)31-24-10-13-28-23-7-5-21(34)15-22(23)24/h1-4,6,8-14,16,21H,5,7,15,34H2,(H,27,30)(H,28,31)(H,32,33). The van der Waals surface area contributed by atoms with Gasteiger partial charge in [-0.15, -0.1) is 9.24 Å². The Morgan fingerprint density at radius 2 is 1.74 bits per heavy atom. The van der Waals surface area contributed by atoms with Crippen LogP contribution in [0.1, 0.15) is 28.2 Å². The number of rotatable bonds is 6. The van der Waals surface area contributed by atoms with E-state index in [2.05, 4.69) is 40.1 Å². The monoisotopic (exact) mass is 468 g/mol. The molecule has 0 saturated carbocycles. The van der Waals surface area contributed by atoms with Crippen LogP contribution in [0.5, 0.6) is 0 Å². The molecule has 1 amide bonds. The zero-order valence-corrected chi connectivity index (χ0v) is 19.7. The van der Waals surface area contributed by atoms with Crippen LogP contribution in [0.25, 0.3) is 0 Å². The molecule has 0 aliphatic heterocycles. The molecule has 2 atom stereocenters. The lowest BCUT2D eigenvalue weighted by Crippen LogP contribution is -2.16. The predicted molar refractivity (Wildman–Crippen MR) is 139 cm³/mol. The highest BCUT2D eigenvalue weighted by atomic mass is 31.0. The minimum Gasteiger partial charge on any atom is -0.355 e. The molecule has 3 N–H and O–H groups in total. The summed E-state index contributed by atoms with van der Waals surface area (Å²) >= 11 is 0. The molecule has 8 heteroatoms. The van der Waals surface area contributed by atoms with Crippen molar-refractivity contribution in [3.05, 3.63) is 96.3 Å². The van der Waals surface area contributed by atoms with E-state index in [4.69, 9.17) is 0 Å². The highest BCUT2D eigenvalue weighted by molar-refractivity contribution is 7.17. The van der Waals surface area contributed by atoms with Crippen molar-refractivity contribution < 1.29 is 4.79 Å². The van der Waals surface area contributed by atoms with Crippen LogP contribution in [0.15, 0.2) is 79.4 Å². The lowest BCUT2D eigenvalue weighted by Gasteiger charge is -2.23. The number of nitrogens with one attached hydrogen (secondary N) is 3. The number of anilines is 5. The van der Waals surface area contributed by atoms with Crippen LogP contribution in [0, 0.1) is 0 Å². The van der Waals surface area contributed by atoms with Gasteiger partial charge in [0.15, 0.2) is 0 Å². The molecule has 4 aromatic rings. The molecule has 5 rings (SSSR count). The van der Waals surface area contributed by atoms with Crippen LogP contribution in [0.3, 0.4) is 0 Å². The maximum absolute atomic E-state index is 12.7. The van der Waals surface area contributed by atoms with E-state index < -0.39 is 0 Å². The number of aromatic nitrogens is 3. The molecule has 0 spiro atoms. The zero-order valence-electron chi connectivity index (χ0n) is 18.5. The molecule has 1 aliphatic carbocycles. The number of benzene rings is 1. The minimum absolute atomic E-state index is 0.264. The van der Waals surface area contributed by atoms with Gasteiger partial charge in [-0.25, -0.2) is 4.98 Å². The molecule has 0 radical (unpaired) electrons. The van der Waals surface area contributed by atoms with Gasteiger partial charge < -0.3 is 16.0 Å². The summed E-state index contributed by atoms with van der Waals surface area (Å²) in [5, 5.41) is 9.65. The average molecular weight is 469 g/mol. The number of fused-ring (bicyclic) bond motifs is 1. The lowest BCUT2D eigenvalue weighted by molar-refractivity contribution is 0.102. The number of hydrogen-bond acceptors (Lipinski definition) is 6. The lowest BCUT2D eigenvalue weighted by atomic mass is 9.94. The summed E-state index contributed by atoms with van der Waals surface area (Å²) in [6.07, 6.45) is 10.1. The van der Waals surface area contributed by atoms with Crippen LogP contribution in [0.4, 0.5) is 28.4 Å². The molecular weight excluding hydrogens is 443 g/mol. The quantitative estimate of drug-likeness (QED) is 0.331. The molecule has 1 aliphatic rings. The van der Waals surface area contributed by atoms with E-state index >= 15 is 0 Å². The van der Waals surface area contributed by atoms with Gasteiger partial charge in [-0.3, -0.25) is 14.8 Å². The minimum atomic E-state index is -0.264. The van der Waals surface area contributed by atoms with Crippen molar-refractivity contribution in [2.45, 2.75) is 24.9 Å². The van der Waals surface area contributed by atoms with Crippen molar-refractivity contribution >= 4 is 43.6 Å². The van der Waals surface area contributed by atoms with Gasteiger partial charge in [0.1, 0.15) is 5.69 Å². The van der Waals surface area contributed by atoms with E-state index in [1.807, 2.05) is 54.7 Å². The fourth-order valence-electron chi connectivity index (χ4n) is 4.01. The summed E-state index contributed by atoms with van der Waals surface area (Å²) in [6, 6.07) is 16.9. The van der Waals surface area contributed by atoms with Gasteiger partial charge in [0, 0.05) is 47.0 Å². The number of pyridine rings is 3. The van der Waals surface area contributed by atoms with Crippen molar-refractivity contribution in [2.24, 2.45) is 0 Å². The molecule has 170 valence electrons. The Hall–Kier alpha value is -3.83. The molecule has 7 nitrogen and oxygen atoms in total. The molecule has 0 bridgehead atoms. The van der Waals surface area contributed by atoms with E-state index in [0.29, 0.717) is 17.0 Å². The number of aryl methyl sites for hydroxylation is 1. The second-order valence-electron chi connectivity index (χ2n) is 8.24. The third-order valence-corrected chi connectivity index (χ3v) is 6.30. The van der Waals surface area contributed by atoms with Gasteiger partial charge in [-0.05, 0) is 79.0 Å². The fourth-order valence-corrected chi connectivity index (χ4v) is 4.41. The highest BCUT2D eigenvalue weighted by Crippen LogP contribution is 2.31. The summed E-state index contributed by atoms with van der Waals surface area (Å²) in [6.45, 7) is 0. The summed E-state index contributed by atoms with van der Waals surface area (Å²) < 4.78 is 0. The predicted octanol–water partition coefficient (Wildman–Crippen LogP) is 5.34. The number of nitrogens with zero attached hydrogens (tertiary/aromatic N) is 3. The summed E-state index contributed by atoms with van der Waals surface area (Å²) in [5.74, 6) is -0.264. The third-order valence-electron chi connectivity index (χ3n) is 5.73. The SMILES string of the molecule is O=C(Nc1cccc(Nc2ccncc2)c1)c1ccc(Nc2ccnc3c2CC(P)CC3)cn1. The number of amides is 1. The van der Waals surface area contributed by atoms with Crippen LogP contribution in [0.2, 0.25) is 0 Å². The summed E-state index contributed by atoms with van der Waals surface area (Å²) in [7, 11) is 2.92. The molecule has 0 saturated heterocycles. The number of carbonyl (C=O) groups excluding carboxylic acids is 1. The molecule has 34 heavy (non-hydrogen) atoms. The Balaban J connectivity index is 1.25. The molecule has 3 aromatic heterocycles. The fraction of sp³-hybridized carbons (Fsp3) is 0.154. The van der Waals surface area contributed by atoms with Crippen molar-refractivity contribution in [2.75, 3.05) is 16.0 Å². The molecule has 0 fully saturated rings. The smallest absolute Gasteiger partial charge is 0.274 e. The zero-order chi connectivity index (χ0) is 23.3. The third kappa shape index (κ3) is 5.21. The first-order valence-electron chi connectivity index (χ1n) is 11.2. The van der Waals surface area contributed by atoms with Crippen LogP contribution >= 0.6 is 9.24 Å². The van der Waals surface area contributed by atoms with Crippen molar-refractivity contribution in [3.8, 4) is 0 Å². The first-order valence-corrected chi connectivity index (χ1v) is 11.8. The van der Waals surface area contributed by atoms with E-state index in [-0.39, 0.29) is 5.91 Å². The maximum Gasteiger partial charge on any atom is 0.274 e. The number of hydrogen-bond donors (Lipinski definition) is 3. The van der Waals surface area contributed by atoms with Gasteiger partial charge in [0.05, 0.1) is 11.9 Å². The van der Waals surface area contributed by atoms with Crippen molar-refractivity contribution in [1.29, 1.82) is 0 Å². The molecule has 1 aromatic carbocycles. The van der Waals surface area contributed by atoms with Gasteiger partial charge in [-0.2, -0.15) is 0 Å². The Kier molecular flexibility index (Phi) is 6.45. The normalized spacial score (nSPS) is 14.7. The van der Waals surface area contributed by atoms with Gasteiger partial charge in [0.25, 0.3) is 5.91 Å². The highest BCUT2D eigenvalue weighted by Gasteiger charge is 2.19. The van der Waals surface area contributed by atoms with Gasteiger partial charge >= 0.3 is 0 Å². The second-order valence-corrected chi connectivity index (χ2v) is 9.18. The van der Waals surface area contributed by atoms with Crippen molar-refractivity contribution in [3.63, 3.8) is 0 Å². The Labute approximate surface area is 200 Å². The van der Waals surface area contributed by atoms with E-state index in [1.54, 1.807) is 24.7 Å². The Morgan fingerprint density at radius 3 is 2.56 bits per heavy atom. The van der Waals surface area contributed by atoms with Crippen LogP contribution in [-0.2, 0) is 12.8 Å². The summed E-state index contributed by atoms with van der Waals surface area (Å²) in [5.41, 5.74) is 7.69. The molecule has 3 heterocycles. The average Bonchev–Trinajstić information content (AvgIpc) is 2.86. The second kappa shape index (κ2) is 9.98. The van der Waals surface area contributed by atoms with Gasteiger partial charge in [-0.1, -0.05) is 6.07 Å².